The SMILES string of the molecule is Cc1cc(-c2ccccc2)n[n+](CCCNC=O)c1N. The number of hydrogen-bond donors (Lipinski definition) is 2. The van der Waals surface area contributed by atoms with E-state index in [0.29, 0.717) is 25.3 Å². The highest BCUT2D eigenvalue weighted by Gasteiger charge is 2.13. The second-order valence-electron chi connectivity index (χ2n) is 4.61. The van der Waals surface area contributed by atoms with Gasteiger partial charge in [0.1, 0.15) is 12.2 Å². The normalized spacial score (nSPS) is 10.2. The summed E-state index contributed by atoms with van der Waals surface area (Å²) in [5.74, 6) is 0.663. The third-order valence-corrected chi connectivity index (χ3v) is 3.11. The fraction of sp³-hybridized carbons (Fsp3) is 0.267. The van der Waals surface area contributed by atoms with E-state index in [9.17, 15) is 4.79 Å². The van der Waals surface area contributed by atoms with E-state index in [4.69, 9.17) is 5.73 Å². The van der Waals surface area contributed by atoms with E-state index >= 15 is 0 Å². The van der Waals surface area contributed by atoms with Gasteiger partial charge in [-0.05, 0) is 13.0 Å². The number of aromatic nitrogens is 2. The summed E-state index contributed by atoms with van der Waals surface area (Å²) >= 11 is 0. The van der Waals surface area contributed by atoms with Crippen LogP contribution in [0.15, 0.2) is 36.4 Å². The molecule has 0 radical (unpaired) electrons. The van der Waals surface area contributed by atoms with E-state index in [1.165, 1.54) is 0 Å². The first kappa shape index (κ1) is 14.0. The zero-order valence-corrected chi connectivity index (χ0v) is 11.5. The number of hydrogen-bond acceptors (Lipinski definition) is 3. The van der Waals surface area contributed by atoms with Gasteiger partial charge in [-0.2, -0.15) is 0 Å². The van der Waals surface area contributed by atoms with Crippen molar-refractivity contribution in [3.05, 3.63) is 42.0 Å². The van der Waals surface area contributed by atoms with Crippen molar-refractivity contribution in [2.75, 3.05) is 12.3 Å². The molecule has 20 heavy (non-hydrogen) atoms. The standard InChI is InChI=1S/C15H18N4O/c1-12-10-14(13-6-3-2-4-7-13)18-19(15(12)16)9-5-8-17-11-20/h2-4,6-7,10-11,16H,5,8-9H2,1H3,(H,17,20)/p+1. The van der Waals surface area contributed by atoms with Crippen LogP contribution in [0.2, 0.25) is 0 Å². The van der Waals surface area contributed by atoms with Gasteiger partial charge >= 0.3 is 0 Å². The number of nitrogens with two attached hydrogens (primary N) is 1. The quantitative estimate of drug-likeness (QED) is 0.469. The Morgan fingerprint density at radius 3 is 2.80 bits per heavy atom. The van der Waals surface area contributed by atoms with Gasteiger partial charge < -0.3 is 5.32 Å². The molecule has 1 aromatic carbocycles. The summed E-state index contributed by atoms with van der Waals surface area (Å²) in [7, 11) is 0. The number of nitrogens with one attached hydrogen (secondary N) is 1. The zero-order valence-electron chi connectivity index (χ0n) is 11.5. The smallest absolute Gasteiger partial charge is 0.295 e. The predicted octanol–water partition coefficient (Wildman–Crippen LogP) is 1.06. The predicted molar refractivity (Wildman–Crippen MR) is 77.7 cm³/mol. The number of aryl methyl sites for hydroxylation is 2. The highest BCUT2D eigenvalue weighted by molar-refractivity contribution is 5.59. The summed E-state index contributed by atoms with van der Waals surface area (Å²) in [6.07, 6.45) is 1.49. The fourth-order valence-corrected chi connectivity index (χ4v) is 2.01. The number of nitrogens with zero attached hydrogens (tertiary/aromatic N) is 2. The molecule has 1 amide bonds. The zero-order chi connectivity index (χ0) is 14.4. The van der Waals surface area contributed by atoms with Gasteiger partial charge in [0, 0.05) is 24.1 Å². The second kappa shape index (κ2) is 6.65. The van der Waals surface area contributed by atoms with Gasteiger partial charge in [0.15, 0.2) is 0 Å². The Balaban J connectivity index is 2.23. The molecule has 0 atom stereocenters. The molecule has 0 aliphatic heterocycles. The molecule has 104 valence electrons. The first-order valence-corrected chi connectivity index (χ1v) is 6.62. The van der Waals surface area contributed by atoms with Gasteiger partial charge in [-0.15, -0.1) is 4.68 Å². The van der Waals surface area contributed by atoms with Crippen molar-refractivity contribution in [3.63, 3.8) is 0 Å². The Bertz CT molecular complexity index is 584. The Morgan fingerprint density at radius 1 is 1.35 bits per heavy atom. The molecule has 0 unspecified atom stereocenters. The largest absolute Gasteiger partial charge is 0.359 e. The van der Waals surface area contributed by atoms with Crippen molar-refractivity contribution in [1.29, 1.82) is 0 Å². The molecular weight excluding hydrogens is 252 g/mol. The maximum absolute atomic E-state index is 10.2. The second-order valence-corrected chi connectivity index (χ2v) is 4.61. The summed E-state index contributed by atoms with van der Waals surface area (Å²) in [4.78, 5) is 10.2. The average molecular weight is 271 g/mol. The van der Waals surface area contributed by atoms with Gasteiger partial charge in [0.05, 0.1) is 0 Å². The van der Waals surface area contributed by atoms with E-state index in [1.807, 2.05) is 43.3 Å². The number of carbonyl (C=O) groups excluding carboxylic acids is 1. The summed E-state index contributed by atoms with van der Waals surface area (Å²) in [6, 6.07) is 12.0. The van der Waals surface area contributed by atoms with Crippen molar-refractivity contribution in [1.82, 2.24) is 10.4 Å². The minimum Gasteiger partial charge on any atom is -0.359 e. The average Bonchev–Trinajstić information content (AvgIpc) is 2.48. The number of anilines is 1. The van der Waals surface area contributed by atoms with Crippen LogP contribution in [-0.4, -0.2) is 18.1 Å². The van der Waals surface area contributed by atoms with Crippen LogP contribution in [0.3, 0.4) is 0 Å². The molecule has 0 aliphatic rings. The Morgan fingerprint density at radius 2 is 2.10 bits per heavy atom. The van der Waals surface area contributed by atoms with Crippen molar-refractivity contribution >= 4 is 12.2 Å². The van der Waals surface area contributed by atoms with Gasteiger partial charge in [-0.25, -0.2) is 0 Å². The van der Waals surface area contributed by atoms with E-state index in [0.717, 1.165) is 23.2 Å². The van der Waals surface area contributed by atoms with Crippen LogP contribution in [-0.2, 0) is 11.3 Å². The van der Waals surface area contributed by atoms with Gasteiger partial charge in [0.2, 0.25) is 6.41 Å². The van der Waals surface area contributed by atoms with Crippen LogP contribution in [0.5, 0.6) is 0 Å². The molecule has 1 aromatic heterocycles. The lowest BCUT2D eigenvalue weighted by Crippen LogP contribution is -2.43. The van der Waals surface area contributed by atoms with Crippen LogP contribution in [0.25, 0.3) is 11.3 Å². The minimum atomic E-state index is 0.617. The number of amides is 1. The molecule has 5 nitrogen and oxygen atoms in total. The number of benzene rings is 1. The molecule has 0 bridgehead atoms. The third-order valence-electron chi connectivity index (χ3n) is 3.11. The van der Waals surface area contributed by atoms with Gasteiger partial charge in [-0.3, -0.25) is 10.5 Å². The molecule has 5 heteroatoms. The Kier molecular flexibility index (Phi) is 4.65. The van der Waals surface area contributed by atoms with E-state index in [1.54, 1.807) is 4.68 Å². The molecule has 3 N–H and O–H groups in total. The topological polar surface area (TPSA) is 71.9 Å². The first-order chi connectivity index (χ1) is 9.72. The summed E-state index contributed by atoms with van der Waals surface area (Å²) < 4.78 is 1.80. The summed E-state index contributed by atoms with van der Waals surface area (Å²) in [5, 5.41) is 7.21. The van der Waals surface area contributed by atoms with E-state index < -0.39 is 0 Å². The molecule has 0 aliphatic carbocycles. The molecule has 0 spiro atoms. The van der Waals surface area contributed by atoms with Crippen molar-refractivity contribution in [2.24, 2.45) is 0 Å². The molecule has 1 heterocycles. The van der Waals surface area contributed by atoms with E-state index in [2.05, 4.69) is 10.4 Å². The minimum absolute atomic E-state index is 0.617. The summed E-state index contributed by atoms with van der Waals surface area (Å²) in [6.45, 7) is 3.27. The van der Waals surface area contributed by atoms with Crippen molar-refractivity contribution < 1.29 is 9.48 Å². The van der Waals surface area contributed by atoms with Crippen molar-refractivity contribution in [2.45, 2.75) is 19.9 Å². The molecular formula is C15H19N4O+. The number of rotatable bonds is 6. The highest BCUT2D eigenvalue weighted by Crippen LogP contribution is 2.17. The van der Waals surface area contributed by atoms with Crippen molar-refractivity contribution in [3.8, 4) is 11.3 Å². The van der Waals surface area contributed by atoms with Crippen LogP contribution >= 0.6 is 0 Å². The lowest BCUT2D eigenvalue weighted by atomic mass is 10.1. The first-order valence-electron chi connectivity index (χ1n) is 6.62. The van der Waals surface area contributed by atoms with Crippen LogP contribution in [0.1, 0.15) is 12.0 Å². The maximum Gasteiger partial charge on any atom is 0.295 e. The van der Waals surface area contributed by atoms with Crippen LogP contribution in [0, 0.1) is 6.92 Å². The molecule has 0 saturated carbocycles. The number of carbonyl (C=O) groups is 1. The van der Waals surface area contributed by atoms with Crippen LogP contribution in [0.4, 0.5) is 5.82 Å². The highest BCUT2D eigenvalue weighted by atomic mass is 16.1. The molecule has 2 rings (SSSR count). The maximum atomic E-state index is 10.2. The fourth-order valence-electron chi connectivity index (χ4n) is 2.01. The van der Waals surface area contributed by atoms with Crippen LogP contribution < -0.4 is 15.7 Å². The van der Waals surface area contributed by atoms with Gasteiger partial charge in [-0.1, -0.05) is 35.4 Å². The Hall–Kier alpha value is -2.43. The molecule has 2 aromatic rings. The lowest BCUT2D eigenvalue weighted by Gasteiger charge is -2.07. The third kappa shape index (κ3) is 3.32. The molecule has 0 saturated heterocycles. The lowest BCUT2D eigenvalue weighted by molar-refractivity contribution is -0.739. The Labute approximate surface area is 118 Å². The molecule has 0 fully saturated rings. The van der Waals surface area contributed by atoms with E-state index in [-0.39, 0.29) is 0 Å². The monoisotopic (exact) mass is 271 g/mol. The number of nitrogen functional groups attached to an aromatic ring is 1. The summed E-state index contributed by atoms with van der Waals surface area (Å²) in [5.41, 5.74) is 9.03. The van der Waals surface area contributed by atoms with Gasteiger partial charge in [0.25, 0.3) is 5.82 Å².